The van der Waals surface area contributed by atoms with Crippen LogP contribution in [0.25, 0.3) is 5.69 Å². The number of hydrogen-bond donors (Lipinski definition) is 1. The zero-order chi connectivity index (χ0) is 14.0. The van der Waals surface area contributed by atoms with E-state index in [1.54, 1.807) is 11.6 Å². The Labute approximate surface area is 112 Å². The van der Waals surface area contributed by atoms with Crippen LogP contribution in [0.15, 0.2) is 24.3 Å². The number of aromatic carboxylic acids is 1. The van der Waals surface area contributed by atoms with E-state index in [4.69, 9.17) is 0 Å². The lowest BCUT2D eigenvalue weighted by molar-refractivity contribution is 0.0695. The maximum Gasteiger partial charge on any atom is 0.339 e. The van der Waals surface area contributed by atoms with Gasteiger partial charge in [0.1, 0.15) is 5.56 Å². The van der Waals surface area contributed by atoms with Crippen molar-refractivity contribution in [3.05, 3.63) is 46.8 Å². The molecule has 0 fully saturated rings. The lowest BCUT2D eigenvalue weighted by Gasteiger charge is -2.04. The molecule has 4 nitrogen and oxygen atoms in total. The zero-order valence-corrected chi connectivity index (χ0v) is 11.5. The number of carboxylic acid groups (broad SMARTS) is 1. The minimum absolute atomic E-state index is 0.336. The van der Waals surface area contributed by atoms with Crippen molar-refractivity contribution in [3.63, 3.8) is 0 Å². The monoisotopic (exact) mass is 258 g/mol. The Hall–Kier alpha value is -2.10. The van der Waals surface area contributed by atoms with E-state index in [1.807, 2.05) is 38.1 Å². The molecule has 0 unspecified atom stereocenters. The molecule has 0 saturated carbocycles. The molecular weight excluding hydrogens is 240 g/mol. The number of aryl methyl sites for hydroxylation is 2. The van der Waals surface area contributed by atoms with E-state index < -0.39 is 5.97 Å². The first-order valence-corrected chi connectivity index (χ1v) is 6.43. The average Bonchev–Trinajstić information content (AvgIpc) is 2.68. The molecule has 1 aromatic heterocycles. The Morgan fingerprint density at radius 2 is 1.89 bits per heavy atom. The Bertz CT molecular complexity index is 597. The first-order valence-electron chi connectivity index (χ1n) is 6.43. The summed E-state index contributed by atoms with van der Waals surface area (Å²) in [5.74, 6) is -0.903. The highest BCUT2D eigenvalue weighted by atomic mass is 16.4. The topological polar surface area (TPSA) is 55.1 Å². The smallest absolute Gasteiger partial charge is 0.339 e. The Kier molecular flexibility index (Phi) is 3.69. The van der Waals surface area contributed by atoms with Gasteiger partial charge in [-0.1, -0.05) is 31.0 Å². The van der Waals surface area contributed by atoms with Crippen LogP contribution in [0.4, 0.5) is 0 Å². The van der Waals surface area contributed by atoms with Crippen LogP contribution >= 0.6 is 0 Å². The van der Waals surface area contributed by atoms with Crippen molar-refractivity contribution in [1.29, 1.82) is 0 Å². The second-order valence-electron chi connectivity index (χ2n) is 4.71. The minimum atomic E-state index is -0.903. The van der Waals surface area contributed by atoms with Crippen LogP contribution in [0.1, 0.15) is 40.7 Å². The summed E-state index contributed by atoms with van der Waals surface area (Å²) in [6.45, 7) is 5.84. The van der Waals surface area contributed by atoms with E-state index in [2.05, 4.69) is 5.10 Å². The third kappa shape index (κ3) is 2.52. The Morgan fingerprint density at radius 1 is 1.26 bits per heavy atom. The molecule has 0 amide bonds. The number of nitrogens with zero attached hydrogens (tertiary/aromatic N) is 2. The van der Waals surface area contributed by atoms with Crippen LogP contribution in [0.5, 0.6) is 0 Å². The second-order valence-corrected chi connectivity index (χ2v) is 4.71. The summed E-state index contributed by atoms with van der Waals surface area (Å²) in [7, 11) is 0. The number of carboxylic acids is 1. The lowest BCUT2D eigenvalue weighted by atomic mass is 10.1. The van der Waals surface area contributed by atoms with Gasteiger partial charge in [-0.25, -0.2) is 9.48 Å². The molecule has 0 spiro atoms. The van der Waals surface area contributed by atoms with E-state index in [0.29, 0.717) is 23.4 Å². The molecule has 0 atom stereocenters. The Balaban J connectivity index is 2.55. The normalized spacial score (nSPS) is 10.7. The first-order chi connectivity index (χ1) is 9.04. The summed E-state index contributed by atoms with van der Waals surface area (Å²) in [5, 5.41) is 13.8. The molecule has 4 heteroatoms. The fourth-order valence-corrected chi connectivity index (χ4v) is 2.19. The highest BCUT2D eigenvalue weighted by molar-refractivity contribution is 5.90. The molecule has 0 aliphatic rings. The van der Waals surface area contributed by atoms with E-state index in [0.717, 1.165) is 12.1 Å². The van der Waals surface area contributed by atoms with Gasteiger partial charge in [-0.3, -0.25) is 0 Å². The van der Waals surface area contributed by atoms with Gasteiger partial charge >= 0.3 is 5.97 Å². The maximum atomic E-state index is 11.4. The van der Waals surface area contributed by atoms with Crippen molar-refractivity contribution in [2.45, 2.75) is 33.6 Å². The molecule has 1 aromatic carbocycles. The quantitative estimate of drug-likeness (QED) is 0.916. The third-order valence-corrected chi connectivity index (χ3v) is 3.17. The predicted molar refractivity (Wildman–Crippen MR) is 74.0 cm³/mol. The van der Waals surface area contributed by atoms with Gasteiger partial charge in [0.2, 0.25) is 0 Å². The summed E-state index contributed by atoms with van der Waals surface area (Å²) >= 11 is 0. The molecule has 2 rings (SSSR count). The van der Waals surface area contributed by atoms with Gasteiger partial charge in [-0.05, 0) is 32.4 Å². The van der Waals surface area contributed by atoms with Gasteiger partial charge in [0, 0.05) is 0 Å². The molecule has 0 radical (unpaired) electrons. The number of hydrogen-bond acceptors (Lipinski definition) is 2. The molecular formula is C15H18N2O2. The highest BCUT2D eigenvalue weighted by Crippen LogP contribution is 2.20. The largest absolute Gasteiger partial charge is 0.478 e. The van der Waals surface area contributed by atoms with Gasteiger partial charge in [-0.15, -0.1) is 0 Å². The van der Waals surface area contributed by atoms with Crippen molar-refractivity contribution >= 4 is 5.97 Å². The fourth-order valence-electron chi connectivity index (χ4n) is 2.19. The maximum absolute atomic E-state index is 11.4. The van der Waals surface area contributed by atoms with Crippen LogP contribution < -0.4 is 0 Å². The summed E-state index contributed by atoms with van der Waals surface area (Å²) < 4.78 is 1.72. The number of carbonyl (C=O) groups is 1. The summed E-state index contributed by atoms with van der Waals surface area (Å²) in [5.41, 5.74) is 3.74. The van der Waals surface area contributed by atoms with Crippen molar-refractivity contribution in [2.24, 2.45) is 0 Å². The standard InChI is InChI=1S/C15H18N2O2/c1-4-5-13-14(15(18)19)11(3)17(16-13)12-8-6-10(2)7-9-12/h6-9H,4-5H2,1-3H3,(H,18,19). The van der Waals surface area contributed by atoms with E-state index in [1.165, 1.54) is 5.56 Å². The van der Waals surface area contributed by atoms with E-state index in [9.17, 15) is 9.90 Å². The number of rotatable bonds is 4. The van der Waals surface area contributed by atoms with Gasteiger partial charge in [0.05, 0.1) is 17.1 Å². The molecule has 2 aromatic rings. The second kappa shape index (κ2) is 5.26. The Morgan fingerprint density at radius 3 is 2.42 bits per heavy atom. The molecule has 0 saturated heterocycles. The van der Waals surface area contributed by atoms with Gasteiger partial charge < -0.3 is 5.11 Å². The van der Waals surface area contributed by atoms with Gasteiger partial charge in [0.25, 0.3) is 0 Å². The molecule has 19 heavy (non-hydrogen) atoms. The highest BCUT2D eigenvalue weighted by Gasteiger charge is 2.20. The van der Waals surface area contributed by atoms with Crippen LogP contribution in [-0.4, -0.2) is 20.9 Å². The molecule has 0 bridgehead atoms. The first kappa shape index (κ1) is 13.3. The van der Waals surface area contributed by atoms with Crippen molar-refractivity contribution in [1.82, 2.24) is 9.78 Å². The number of aromatic nitrogens is 2. The van der Waals surface area contributed by atoms with Crippen LogP contribution in [0, 0.1) is 13.8 Å². The SMILES string of the molecule is CCCc1nn(-c2ccc(C)cc2)c(C)c1C(=O)O. The third-order valence-electron chi connectivity index (χ3n) is 3.17. The zero-order valence-electron chi connectivity index (χ0n) is 11.5. The summed E-state index contributed by atoms with van der Waals surface area (Å²) in [6, 6.07) is 7.90. The van der Waals surface area contributed by atoms with Gasteiger partial charge in [-0.2, -0.15) is 5.10 Å². The molecule has 1 heterocycles. The molecule has 0 aliphatic carbocycles. The van der Waals surface area contributed by atoms with Crippen LogP contribution in [0.3, 0.4) is 0 Å². The number of benzene rings is 1. The van der Waals surface area contributed by atoms with Crippen molar-refractivity contribution < 1.29 is 9.90 Å². The molecule has 0 aliphatic heterocycles. The van der Waals surface area contributed by atoms with Crippen LogP contribution in [0.2, 0.25) is 0 Å². The van der Waals surface area contributed by atoms with Crippen molar-refractivity contribution in [3.8, 4) is 5.69 Å². The van der Waals surface area contributed by atoms with E-state index in [-0.39, 0.29) is 0 Å². The van der Waals surface area contributed by atoms with Crippen molar-refractivity contribution in [2.75, 3.05) is 0 Å². The fraction of sp³-hybridized carbons (Fsp3) is 0.333. The summed E-state index contributed by atoms with van der Waals surface area (Å²) in [6.07, 6.45) is 1.56. The lowest BCUT2D eigenvalue weighted by Crippen LogP contribution is -2.03. The van der Waals surface area contributed by atoms with Crippen LogP contribution in [-0.2, 0) is 6.42 Å². The summed E-state index contributed by atoms with van der Waals surface area (Å²) in [4.78, 5) is 11.4. The van der Waals surface area contributed by atoms with Gasteiger partial charge in [0.15, 0.2) is 0 Å². The van der Waals surface area contributed by atoms with E-state index >= 15 is 0 Å². The average molecular weight is 258 g/mol. The predicted octanol–water partition coefficient (Wildman–Crippen LogP) is 3.14. The molecule has 1 N–H and O–H groups in total. The minimum Gasteiger partial charge on any atom is -0.478 e. The molecule has 100 valence electrons.